The maximum atomic E-state index is 7.33. The van der Waals surface area contributed by atoms with Gasteiger partial charge in [0.2, 0.25) is 0 Å². The smallest absolute Gasteiger partial charge is 0.0319 e. The highest BCUT2D eigenvalue weighted by Gasteiger charge is 1.27. The lowest BCUT2D eigenvalue weighted by molar-refractivity contribution is 0.399. The standard InChI is InChI=1S/C2H6.2CH3N3.CH5N.CH4O/c1-2;2*1-3-4-2;2*1-2/h1-2H3;2*1H3;2H2,1H3;2H,1H3. The Bertz CT molecular complexity index is 110. The summed E-state index contributed by atoms with van der Waals surface area (Å²) in [5.74, 6) is 0. The van der Waals surface area contributed by atoms with Crippen molar-refractivity contribution >= 4 is 0 Å². The molecule has 0 radical (unpaired) electrons. The van der Waals surface area contributed by atoms with E-state index in [1.165, 1.54) is 21.1 Å². The third-order valence-electron chi connectivity index (χ3n) is 0.179. The Balaban J connectivity index is -0.0000000255. The second-order valence-electron chi connectivity index (χ2n) is 0.579. The fraction of sp³-hybridized carbons (Fsp3) is 1.00. The molecule has 0 amide bonds. The number of hydrogen-bond donors (Lipinski definition) is 2. The fourth-order valence-electron chi connectivity index (χ4n) is 0. The van der Waals surface area contributed by atoms with Crippen LogP contribution in [0.15, 0.2) is 10.2 Å². The predicted molar refractivity (Wildman–Crippen MR) is 59.7 cm³/mol. The summed E-state index contributed by atoms with van der Waals surface area (Å²) in [4.78, 5) is 4.72. The largest absolute Gasteiger partial charge is 0.400 e. The number of aliphatic hydroxyl groups excluding tert-OH is 1. The Labute approximate surface area is 85.0 Å². The average Bonchev–Trinajstić information content (AvgIpc) is 2.36. The third-order valence-corrected chi connectivity index (χ3v) is 0.179. The molecule has 3 N–H and O–H groups in total. The Kier molecular flexibility index (Phi) is 417. The minimum absolute atomic E-state index is 1.00. The van der Waals surface area contributed by atoms with Crippen molar-refractivity contribution in [2.24, 2.45) is 16.0 Å². The summed E-state index contributed by atoms with van der Waals surface area (Å²) in [6.07, 6.45) is 0. The molecule has 0 aliphatic rings. The van der Waals surface area contributed by atoms with Crippen LogP contribution in [0.1, 0.15) is 13.8 Å². The molecule has 0 saturated heterocycles. The second-order valence-corrected chi connectivity index (χ2v) is 0.579. The molecule has 0 unspecified atom stereocenters. The lowest BCUT2D eigenvalue weighted by Crippen LogP contribution is -1.69. The third kappa shape index (κ3) is 3290. The normalized spacial score (nSPS) is 3.71. The van der Waals surface area contributed by atoms with E-state index in [0.29, 0.717) is 0 Å². The molecule has 0 fully saturated rings. The molecule has 0 aliphatic heterocycles. The van der Waals surface area contributed by atoms with Crippen molar-refractivity contribution in [1.82, 2.24) is 0 Å². The molecule has 0 aromatic carbocycles. The fourth-order valence-corrected chi connectivity index (χ4v) is 0. The first-order valence-electron chi connectivity index (χ1n) is 3.72. The first-order chi connectivity index (χ1) is 6.83. The van der Waals surface area contributed by atoms with E-state index in [9.17, 15) is 0 Å². The van der Waals surface area contributed by atoms with E-state index in [-0.39, 0.29) is 0 Å². The zero-order valence-electron chi connectivity index (χ0n) is 9.71. The van der Waals surface area contributed by atoms with Gasteiger partial charge in [0, 0.05) is 31.0 Å². The molecule has 14 heavy (non-hydrogen) atoms. The van der Waals surface area contributed by atoms with Crippen LogP contribution in [0.3, 0.4) is 0 Å². The van der Waals surface area contributed by atoms with E-state index in [1.54, 1.807) is 0 Å². The molecule has 0 aliphatic carbocycles. The van der Waals surface area contributed by atoms with Crippen LogP contribution in [0.2, 0.25) is 0 Å². The molecule has 0 bridgehead atoms. The molecular formula is C6H21N7O. The van der Waals surface area contributed by atoms with Crippen LogP contribution >= 0.6 is 0 Å². The van der Waals surface area contributed by atoms with E-state index in [1.807, 2.05) is 13.8 Å². The molecule has 0 rings (SSSR count). The van der Waals surface area contributed by atoms with Gasteiger partial charge in [-0.1, -0.05) is 24.1 Å². The Morgan fingerprint density at radius 2 is 1.00 bits per heavy atom. The number of nitrogens with two attached hydrogens (primary N) is 1. The predicted octanol–water partition coefficient (Wildman–Crippen LogP) is 2.06. The highest BCUT2D eigenvalue weighted by molar-refractivity contribution is 4.30. The van der Waals surface area contributed by atoms with Gasteiger partial charge in [-0.05, 0) is 18.1 Å². The van der Waals surface area contributed by atoms with E-state index in [4.69, 9.17) is 16.2 Å². The van der Waals surface area contributed by atoms with Gasteiger partial charge in [0.05, 0.1) is 0 Å². The molecule has 8 nitrogen and oxygen atoms in total. The lowest BCUT2D eigenvalue weighted by Gasteiger charge is -1.35. The molecule has 8 heteroatoms. The maximum Gasteiger partial charge on any atom is 0.0319 e. The van der Waals surface area contributed by atoms with Gasteiger partial charge in [-0.2, -0.15) is 0 Å². The quantitative estimate of drug-likeness (QED) is 0.356. The van der Waals surface area contributed by atoms with E-state index in [0.717, 1.165) is 7.11 Å². The highest BCUT2D eigenvalue weighted by Crippen LogP contribution is 1.46. The van der Waals surface area contributed by atoms with E-state index < -0.39 is 0 Å². The number of nitrogens with zero attached hydrogens (tertiary/aromatic N) is 6. The maximum absolute atomic E-state index is 7.33. The van der Waals surface area contributed by atoms with Gasteiger partial charge in [-0.25, -0.2) is 0 Å². The van der Waals surface area contributed by atoms with Crippen LogP contribution in [0.25, 0.3) is 20.9 Å². The number of rotatable bonds is 0. The van der Waals surface area contributed by atoms with Gasteiger partial charge in [-0.15, -0.1) is 0 Å². The van der Waals surface area contributed by atoms with Crippen molar-refractivity contribution < 1.29 is 5.11 Å². The van der Waals surface area contributed by atoms with E-state index in [2.05, 4.69) is 25.8 Å². The first-order valence-corrected chi connectivity index (χ1v) is 3.72. The molecule has 0 spiro atoms. The molecule has 0 heterocycles. The topological polar surface area (TPSA) is 144 Å². The van der Waals surface area contributed by atoms with Crippen LogP contribution in [0.4, 0.5) is 0 Å². The lowest BCUT2D eigenvalue weighted by atomic mass is 11.0. The summed E-state index contributed by atoms with van der Waals surface area (Å²) in [6, 6.07) is 0. The summed E-state index contributed by atoms with van der Waals surface area (Å²) < 4.78 is 0. The Hall–Kier alpha value is -1.46. The monoisotopic (exact) mass is 207 g/mol. The van der Waals surface area contributed by atoms with Gasteiger partial charge in [0.1, 0.15) is 0 Å². The van der Waals surface area contributed by atoms with Crippen LogP contribution in [0.5, 0.6) is 0 Å². The summed E-state index contributed by atoms with van der Waals surface area (Å²) in [5, 5.41) is 12.8. The van der Waals surface area contributed by atoms with Crippen molar-refractivity contribution in [3.05, 3.63) is 20.9 Å². The molecule has 0 atom stereocenters. The number of azide groups is 2. The van der Waals surface area contributed by atoms with Gasteiger partial charge in [-0.3, -0.25) is 0 Å². The molecule has 0 aromatic rings. The summed E-state index contributed by atoms with van der Waals surface area (Å²) in [7, 11) is 5.28. The van der Waals surface area contributed by atoms with Gasteiger partial charge in [0.15, 0.2) is 0 Å². The van der Waals surface area contributed by atoms with Crippen molar-refractivity contribution in [3.8, 4) is 0 Å². The number of aliphatic hydroxyl groups is 1. The summed E-state index contributed by atoms with van der Waals surface area (Å²) in [5.41, 5.74) is 19.2. The summed E-state index contributed by atoms with van der Waals surface area (Å²) >= 11 is 0. The molecule has 0 saturated carbocycles. The molecule has 86 valence electrons. The van der Waals surface area contributed by atoms with Gasteiger partial charge >= 0.3 is 0 Å². The SMILES string of the molecule is CC.CN.CN=[N+]=[N-].CN=[N+]=[N-].CO. The minimum Gasteiger partial charge on any atom is -0.400 e. The van der Waals surface area contributed by atoms with Gasteiger partial charge in [0.25, 0.3) is 0 Å². The molecule has 0 aromatic heterocycles. The highest BCUT2D eigenvalue weighted by atomic mass is 16.2. The minimum atomic E-state index is 1.00. The van der Waals surface area contributed by atoms with Crippen LogP contribution in [-0.4, -0.2) is 33.4 Å². The van der Waals surface area contributed by atoms with Crippen molar-refractivity contribution in [3.63, 3.8) is 0 Å². The van der Waals surface area contributed by atoms with Crippen molar-refractivity contribution in [2.45, 2.75) is 13.8 Å². The first kappa shape index (κ1) is 29.4. The van der Waals surface area contributed by atoms with Crippen LogP contribution in [0, 0.1) is 0 Å². The van der Waals surface area contributed by atoms with Gasteiger partial charge < -0.3 is 10.8 Å². The number of hydrogen-bond acceptors (Lipinski definition) is 4. The van der Waals surface area contributed by atoms with Crippen LogP contribution in [-0.2, 0) is 0 Å². The molecular weight excluding hydrogens is 186 g/mol. The Morgan fingerprint density at radius 3 is 1.00 bits per heavy atom. The Morgan fingerprint density at radius 1 is 0.929 bits per heavy atom. The zero-order chi connectivity index (χ0) is 12.8. The average molecular weight is 207 g/mol. The second kappa shape index (κ2) is 199. The van der Waals surface area contributed by atoms with Crippen molar-refractivity contribution in [1.29, 1.82) is 0 Å². The zero-order valence-corrected chi connectivity index (χ0v) is 9.71. The van der Waals surface area contributed by atoms with E-state index >= 15 is 0 Å². The van der Waals surface area contributed by atoms with Crippen molar-refractivity contribution in [2.75, 3.05) is 28.3 Å². The van der Waals surface area contributed by atoms with Crippen LogP contribution < -0.4 is 5.73 Å². The summed E-state index contributed by atoms with van der Waals surface area (Å²) in [6.45, 7) is 4.00.